The van der Waals surface area contributed by atoms with Crippen molar-refractivity contribution in [1.29, 1.82) is 0 Å². The second-order valence-corrected chi connectivity index (χ2v) is 5.70. The smallest absolute Gasteiger partial charge is 0.337 e. The molecule has 1 aromatic carbocycles. The van der Waals surface area contributed by atoms with E-state index in [-0.39, 0.29) is 5.97 Å². The lowest BCUT2D eigenvalue weighted by Crippen LogP contribution is -2.66. The normalized spacial score (nSPS) is 29.2. The number of hydrogen-bond acceptors (Lipinski definition) is 3. The summed E-state index contributed by atoms with van der Waals surface area (Å²) >= 11 is 0. The molecule has 0 radical (unpaired) electrons. The van der Waals surface area contributed by atoms with E-state index >= 15 is 0 Å². The van der Waals surface area contributed by atoms with Crippen LogP contribution in [0.4, 0.5) is 0 Å². The Bertz CT molecular complexity index is 465. The highest BCUT2D eigenvalue weighted by atomic mass is 16.5. The van der Waals surface area contributed by atoms with Crippen molar-refractivity contribution in [2.75, 3.05) is 46.4 Å². The molecule has 0 aliphatic carbocycles. The summed E-state index contributed by atoms with van der Waals surface area (Å²) in [5, 5.41) is 0. The fraction of sp³-hybridized carbons (Fsp3) is 0.533. The van der Waals surface area contributed by atoms with Gasteiger partial charge in [0.1, 0.15) is 6.54 Å². The largest absolute Gasteiger partial charge is 0.465 e. The van der Waals surface area contributed by atoms with Crippen molar-refractivity contribution in [1.82, 2.24) is 4.90 Å². The van der Waals surface area contributed by atoms with E-state index in [9.17, 15) is 4.79 Å². The minimum Gasteiger partial charge on any atom is -0.465 e. The summed E-state index contributed by atoms with van der Waals surface area (Å²) in [6, 6.07) is 7.89. The molecular weight excluding hydrogens is 240 g/mol. The van der Waals surface area contributed by atoms with Gasteiger partial charge in [0.05, 0.1) is 32.3 Å². The standard InChI is InChI=1S/C15H21N2O2/c1-19-15(18)14-4-2-3-13(11-14)12-17-8-5-16(6-9-17)7-10-17/h2-4,11H,5-10,12H2,1H3/q+1. The van der Waals surface area contributed by atoms with Crippen LogP contribution in [0, 0.1) is 0 Å². The number of nitrogens with zero attached hydrogens (tertiary/aromatic N) is 2. The first-order valence-electron chi connectivity index (χ1n) is 6.96. The molecule has 3 aliphatic heterocycles. The second kappa shape index (κ2) is 4.94. The molecule has 3 heterocycles. The third-order valence-corrected chi connectivity index (χ3v) is 4.54. The molecule has 0 aromatic heterocycles. The fourth-order valence-electron chi connectivity index (χ4n) is 3.27. The molecule has 0 N–H and O–H groups in total. The molecule has 0 spiro atoms. The van der Waals surface area contributed by atoms with Crippen molar-refractivity contribution in [2.24, 2.45) is 0 Å². The minimum atomic E-state index is -0.245. The number of carbonyl (C=O) groups is 1. The zero-order valence-electron chi connectivity index (χ0n) is 11.5. The van der Waals surface area contributed by atoms with Gasteiger partial charge in [-0.3, -0.25) is 4.90 Å². The number of esters is 1. The first-order chi connectivity index (χ1) is 9.21. The highest BCUT2D eigenvalue weighted by molar-refractivity contribution is 5.89. The topological polar surface area (TPSA) is 29.5 Å². The first kappa shape index (κ1) is 12.6. The molecule has 4 nitrogen and oxygen atoms in total. The van der Waals surface area contributed by atoms with Crippen LogP contribution in [0.5, 0.6) is 0 Å². The van der Waals surface area contributed by atoms with Gasteiger partial charge in [0, 0.05) is 25.2 Å². The Balaban J connectivity index is 1.77. The van der Waals surface area contributed by atoms with E-state index in [0.29, 0.717) is 5.56 Å². The van der Waals surface area contributed by atoms with Crippen LogP contribution in [0.2, 0.25) is 0 Å². The van der Waals surface area contributed by atoms with E-state index in [1.54, 1.807) is 0 Å². The number of piperazine rings is 3. The van der Waals surface area contributed by atoms with Gasteiger partial charge in [-0.15, -0.1) is 0 Å². The van der Waals surface area contributed by atoms with Crippen molar-refractivity contribution >= 4 is 5.97 Å². The summed E-state index contributed by atoms with van der Waals surface area (Å²) in [7, 11) is 1.43. The maximum Gasteiger partial charge on any atom is 0.337 e. The summed E-state index contributed by atoms with van der Waals surface area (Å²) in [6.45, 7) is 8.41. The molecule has 3 aliphatic rings. The van der Waals surface area contributed by atoms with Gasteiger partial charge in [-0.25, -0.2) is 4.79 Å². The van der Waals surface area contributed by atoms with Gasteiger partial charge in [-0.05, 0) is 12.1 Å². The van der Waals surface area contributed by atoms with Gasteiger partial charge in [0.2, 0.25) is 0 Å². The highest BCUT2D eigenvalue weighted by Gasteiger charge is 2.38. The quantitative estimate of drug-likeness (QED) is 0.603. The van der Waals surface area contributed by atoms with Crippen LogP contribution in [0.3, 0.4) is 0 Å². The molecule has 0 saturated carbocycles. The summed E-state index contributed by atoms with van der Waals surface area (Å²) in [4.78, 5) is 14.1. The first-order valence-corrected chi connectivity index (χ1v) is 6.96. The van der Waals surface area contributed by atoms with E-state index in [0.717, 1.165) is 6.54 Å². The molecule has 0 unspecified atom stereocenters. The molecular formula is C15H21N2O2+. The fourth-order valence-corrected chi connectivity index (χ4v) is 3.27. The molecule has 0 amide bonds. The molecule has 3 saturated heterocycles. The number of fused-ring (bicyclic) bond motifs is 3. The molecule has 102 valence electrons. The van der Waals surface area contributed by atoms with Gasteiger partial charge in [0.15, 0.2) is 0 Å². The predicted molar refractivity (Wildman–Crippen MR) is 72.8 cm³/mol. The number of hydrogen-bond donors (Lipinski definition) is 0. The SMILES string of the molecule is COC(=O)c1cccc(C[N+]23CCN(CC2)CC3)c1. The maximum absolute atomic E-state index is 11.6. The third-order valence-electron chi connectivity index (χ3n) is 4.54. The van der Waals surface area contributed by atoms with Gasteiger partial charge < -0.3 is 9.22 Å². The minimum absolute atomic E-state index is 0.245. The third kappa shape index (κ3) is 2.51. The number of rotatable bonds is 3. The molecule has 1 aromatic rings. The number of methoxy groups -OCH3 is 1. The Morgan fingerprint density at radius 3 is 2.58 bits per heavy atom. The maximum atomic E-state index is 11.6. The summed E-state index contributed by atoms with van der Waals surface area (Å²) in [5.74, 6) is -0.245. The molecule has 0 atom stereocenters. The van der Waals surface area contributed by atoms with Crippen molar-refractivity contribution in [2.45, 2.75) is 6.54 Å². The van der Waals surface area contributed by atoms with Gasteiger partial charge >= 0.3 is 5.97 Å². The van der Waals surface area contributed by atoms with Crippen LogP contribution in [0.15, 0.2) is 24.3 Å². The Morgan fingerprint density at radius 2 is 1.95 bits per heavy atom. The van der Waals surface area contributed by atoms with Crippen molar-refractivity contribution < 1.29 is 14.0 Å². The van der Waals surface area contributed by atoms with Crippen molar-refractivity contribution in [3.8, 4) is 0 Å². The molecule has 2 bridgehead atoms. The summed E-state index contributed by atoms with van der Waals surface area (Å²) in [5.41, 5.74) is 1.91. The van der Waals surface area contributed by atoms with E-state index in [1.165, 1.54) is 56.4 Å². The molecule has 3 fully saturated rings. The Kier molecular flexibility index (Phi) is 3.29. The lowest BCUT2D eigenvalue weighted by atomic mass is 10.1. The van der Waals surface area contributed by atoms with E-state index in [4.69, 9.17) is 4.74 Å². The Morgan fingerprint density at radius 1 is 1.26 bits per heavy atom. The van der Waals surface area contributed by atoms with E-state index < -0.39 is 0 Å². The zero-order chi connectivity index (χ0) is 13.3. The van der Waals surface area contributed by atoms with Gasteiger partial charge in [0.25, 0.3) is 0 Å². The number of benzene rings is 1. The Hall–Kier alpha value is -1.39. The van der Waals surface area contributed by atoms with Gasteiger partial charge in [-0.2, -0.15) is 0 Å². The number of carbonyl (C=O) groups excluding carboxylic acids is 1. The second-order valence-electron chi connectivity index (χ2n) is 5.70. The number of quaternary nitrogens is 1. The Labute approximate surface area is 114 Å². The van der Waals surface area contributed by atoms with Crippen LogP contribution >= 0.6 is 0 Å². The van der Waals surface area contributed by atoms with Crippen molar-refractivity contribution in [3.63, 3.8) is 0 Å². The monoisotopic (exact) mass is 261 g/mol. The average Bonchev–Trinajstić information content (AvgIpc) is 2.48. The lowest BCUT2D eigenvalue weighted by Gasteiger charge is -2.50. The van der Waals surface area contributed by atoms with Crippen LogP contribution in [0.25, 0.3) is 0 Å². The summed E-state index contributed by atoms with van der Waals surface area (Å²) in [6.07, 6.45) is 0. The van der Waals surface area contributed by atoms with Crippen molar-refractivity contribution in [3.05, 3.63) is 35.4 Å². The molecule has 19 heavy (non-hydrogen) atoms. The zero-order valence-corrected chi connectivity index (χ0v) is 11.5. The lowest BCUT2D eigenvalue weighted by molar-refractivity contribution is -0.953. The highest BCUT2D eigenvalue weighted by Crippen LogP contribution is 2.23. The number of ether oxygens (including phenoxy) is 1. The van der Waals surface area contributed by atoms with E-state index in [1.807, 2.05) is 18.2 Å². The van der Waals surface area contributed by atoms with Gasteiger partial charge in [-0.1, -0.05) is 12.1 Å². The summed E-state index contributed by atoms with van der Waals surface area (Å²) < 4.78 is 5.97. The van der Waals surface area contributed by atoms with E-state index in [2.05, 4.69) is 11.0 Å². The van der Waals surface area contributed by atoms with Crippen LogP contribution in [-0.4, -0.2) is 61.7 Å². The van der Waals surface area contributed by atoms with Crippen LogP contribution in [-0.2, 0) is 11.3 Å². The molecule has 4 rings (SSSR count). The predicted octanol–water partition coefficient (Wildman–Crippen LogP) is 1.12. The van der Waals surface area contributed by atoms with Crippen LogP contribution in [0.1, 0.15) is 15.9 Å². The average molecular weight is 261 g/mol. The van der Waals surface area contributed by atoms with Crippen LogP contribution < -0.4 is 0 Å². The molecule has 4 heteroatoms.